The predicted molar refractivity (Wildman–Crippen MR) is 94.3 cm³/mol. The number of hydrogen-bond acceptors (Lipinski definition) is 5. The maximum absolute atomic E-state index is 12.9. The molecule has 0 spiro atoms. The summed E-state index contributed by atoms with van der Waals surface area (Å²) in [6, 6.07) is 5.32. The van der Waals surface area contributed by atoms with E-state index in [4.69, 9.17) is 9.47 Å². The maximum atomic E-state index is 12.9. The topological polar surface area (TPSA) is 51.7 Å². The summed E-state index contributed by atoms with van der Waals surface area (Å²) in [5.74, 6) is 1.70. The highest BCUT2D eigenvalue weighted by molar-refractivity contribution is 7.09. The van der Waals surface area contributed by atoms with Crippen molar-refractivity contribution in [2.75, 3.05) is 27.3 Å². The van der Waals surface area contributed by atoms with Gasteiger partial charge in [-0.2, -0.15) is 0 Å². The van der Waals surface area contributed by atoms with E-state index in [1.54, 1.807) is 43.8 Å². The molecule has 2 heterocycles. The molecule has 0 N–H and O–H groups in total. The van der Waals surface area contributed by atoms with Gasteiger partial charge in [0, 0.05) is 30.1 Å². The van der Waals surface area contributed by atoms with Crippen molar-refractivity contribution in [2.45, 2.75) is 25.7 Å². The monoisotopic (exact) mass is 346 g/mol. The fourth-order valence-corrected chi connectivity index (χ4v) is 4.01. The molecule has 1 aromatic heterocycles. The van der Waals surface area contributed by atoms with Gasteiger partial charge in [0.1, 0.15) is 11.5 Å². The minimum absolute atomic E-state index is 0.000445. The van der Waals surface area contributed by atoms with Crippen molar-refractivity contribution in [1.82, 2.24) is 9.88 Å². The molecule has 1 aliphatic heterocycles. The van der Waals surface area contributed by atoms with Crippen molar-refractivity contribution in [2.24, 2.45) is 0 Å². The highest BCUT2D eigenvalue weighted by Crippen LogP contribution is 2.32. The van der Waals surface area contributed by atoms with Gasteiger partial charge < -0.3 is 14.4 Å². The number of carbonyl (C=O) groups is 1. The van der Waals surface area contributed by atoms with E-state index < -0.39 is 0 Å². The number of aromatic nitrogens is 1. The number of rotatable bonds is 4. The number of thiazole rings is 1. The Hall–Kier alpha value is -2.08. The Kier molecular flexibility index (Phi) is 5.04. The highest BCUT2D eigenvalue weighted by Gasteiger charge is 2.27. The van der Waals surface area contributed by atoms with Crippen LogP contribution in [0.3, 0.4) is 0 Å². The van der Waals surface area contributed by atoms with Crippen LogP contribution >= 0.6 is 11.3 Å². The molecule has 1 aliphatic rings. The summed E-state index contributed by atoms with van der Waals surface area (Å²) < 4.78 is 10.6. The highest BCUT2D eigenvalue weighted by atomic mass is 32.1. The number of aryl methyl sites for hydroxylation is 1. The van der Waals surface area contributed by atoms with Gasteiger partial charge in [-0.25, -0.2) is 4.98 Å². The molecule has 0 unspecified atom stereocenters. The summed E-state index contributed by atoms with van der Waals surface area (Å²) in [4.78, 5) is 19.4. The van der Waals surface area contributed by atoms with Crippen LogP contribution in [0.15, 0.2) is 23.6 Å². The summed E-state index contributed by atoms with van der Waals surface area (Å²) >= 11 is 1.72. The fraction of sp³-hybridized carbons (Fsp3) is 0.444. The van der Waals surface area contributed by atoms with E-state index in [1.165, 1.54) is 5.01 Å². The number of benzene rings is 1. The summed E-state index contributed by atoms with van der Waals surface area (Å²) in [5.41, 5.74) is 1.63. The largest absolute Gasteiger partial charge is 0.497 e. The fourth-order valence-electron chi connectivity index (χ4n) is 3.04. The maximum Gasteiger partial charge on any atom is 0.257 e. The van der Waals surface area contributed by atoms with Crippen molar-refractivity contribution < 1.29 is 14.3 Å². The lowest BCUT2D eigenvalue weighted by atomic mass is 9.97. The van der Waals surface area contributed by atoms with Crippen LogP contribution in [-0.2, 0) is 0 Å². The summed E-state index contributed by atoms with van der Waals surface area (Å²) in [6.45, 7) is 3.50. The molecular weight excluding hydrogens is 324 g/mol. The molecule has 3 rings (SSSR count). The number of ether oxygens (including phenoxy) is 2. The average molecular weight is 346 g/mol. The molecule has 0 atom stereocenters. The Balaban J connectivity index is 1.71. The third-order valence-corrected chi connectivity index (χ3v) is 5.53. The molecule has 2 aromatic rings. The number of likely N-dealkylation sites (tertiary alicyclic amines) is 1. The van der Waals surface area contributed by atoms with Crippen molar-refractivity contribution in [3.8, 4) is 11.5 Å². The Morgan fingerprint density at radius 1 is 1.25 bits per heavy atom. The molecule has 0 saturated carbocycles. The van der Waals surface area contributed by atoms with Crippen LogP contribution in [0.2, 0.25) is 0 Å². The second-order valence-electron chi connectivity index (χ2n) is 5.96. The molecule has 5 nitrogen and oxygen atoms in total. The Morgan fingerprint density at radius 3 is 2.58 bits per heavy atom. The van der Waals surface area contributed by atoms with E-state index in [2.05, 4.69) is 10.4 Å². The first-order valence-corrected chi connectivity index (χ1v) is 8.93. The Bertz CT molecular complexity index is 721. The zero-order valence-electron chi connectivity index (χ0n) is 14.2. The van der Waals surface area contributed by atoms with Gasteiger partial charge in [-0.05, 0) is 38.0 Å². The molecular formula is C18H22N2O3S. The van der Waals surface area contributed by atoms with Gasteiger partial charge in [0.05, 0.1) is 24.8 Å². The van der Waals surface area contributed by atoms with Crippen molar-refractivity contribution >= 4 is 17.2 Å². The van der Waals surface area contributed by atoms with Crippen LogP contribution < -0.4 is 9.47 Å². The first kappa shape index (κ1) is 16.8. The van der Waals surface area contributed by atoms with E-state index >= 15 is 0 Å². The molecule has 0 aliphatic carbocycles. The number of amides is 1. The zero-order valence-corrected chi connectivity index (χ0v) is 15.1. The van der Waals surface area contributed by atoms with Crippen molar-refractivity contribution in [3.63, 3.8) is 0 Å². The normalized spacial score (nSPS) is 15.4. The summed E-state index contributed by atoms with van der Waals surface area (Å²) in [6.07, 6.45) is 1.90. The van der Waals surface area contributed by atoms with Crippen LogP contribution in [0.5, 0.6) is 11.5 Å². The van der Waals surface area contributed by atoms with Gasteiger partial charge in [0.2, 0.25) is 0 Å². The molecule has 128 valence electrons. The van der Waals surface area contributed by atoms with Crippen molar-refractivity contribution in [1.29, 1.82) is 0 Å². The number of hydrogen-bond donors (Lipinski definition) is 0. The quantitative estimate of drug-likeness (QED) is 0.850. The first-order chi connectivity index (χ1) is 11.6. The number of methoxy groups -OCH3 is 2. The lowest BCUT2D eigenvalue weighted by Gasteiger charge is -2.31. The molecule has 1 saturated heterocycles. The van der Waals surface area contributed by atoms with Crippen LogP contribution in [0.1, 0.15) is 39.8 Å². The zero-order chi connectivity index (χ0) is 17.1. The van der Waals surface area contributed by atoms with Gasteiger partial charge in [0.25, 0.3) is 5.91 Å². The van der Waals surface area contributed by atoms with Gasteiger partial charge >= 0.3 is 0 Å². The lowest BCUT2D eigenvalue weighted by molar-refractivity contribution is 0.0709. The molecule has 24 heavy (non-hydrogen) atoms. The number of carbonyl (C=O) groups excluding carboxylic acids is 1. The van der Waals surface area contributed by atoms with Gasteiger partial charge in [-0.15, -0.1) is 11.3 Å². The summed E-state index contributed by atoms with van der Waals surface area (Å²) in [7, 11) is 3.17. The van der Waals surface area contributed by atoms with E-state index in [-0.39, 0.29) is 5.91 Å². The van der Waals surface area contributed by atoms with Crippen LogP contribution in [0.25, 0.3) is 0 Å². The van der Waals surface area contributed by atoms with E-state index in [0.717, 1.165) is 31.6 Å². The molecule has 1 amide bonds. The smallest absolute Gasteiger partial charge is 0.257 e. The minimum atomic E-state index is -0.000445. The van der Waals surface area contributed by atoms with E-state index in [0.29, 0.717) is 23.0 Å². The van der Waals surface area contributed by atoms with Gasteiger partial charge in [-0.1, -0.05) is 0 Å². The average Bonchev–Trinajstić information content (AvgIpc) is 3.07. The number of piperidine rings is 1. The standard InChI is InChI=1S/C18H22N2O3S/c1-12-11-24-17(19-12)13-6-8-20(9-7-13)18(21)15-10-14(22-2)4-5-16(15)23-3/h4-5,10-11,13H,6-9H2,1-3H3. The third-order valence-electron chi connectivity index (χ3n) is 4.41. The molecule has 6 heteroatoms. The van der Waals surface area contributed by atoms with Gasteiger partial charge in [0.15, 0.2) is 0 Å². The van der Waals surface area contributed by atoms with Crippen LogP contribution in [-0.4, -0.2) is 43.1 Å². The second-order valence-corrected chi connectivity index (χ2v) is 6.85. The number of nitrogens with zero attached hydrogens (tertiary/aromatic N) is 2. The third kappa shape index (κ3) is 3.38. The van der Waals surface area contributed by atoms with E-state index in [1.807, 2.05) is 11.8 Å². The first-order valence-electron chi connectivity index (χ1n) is 8.05. The predicted octanol–water partition coefficient (Wildman–Crippen LogP) is 3.49. The Morgan fingerprint density at radius 2 is 2.00 bits per heavy atom. The summed E-state index contributed by atoms with van der Waals surface area (Å²) in [5, 5.41) is 3.28. The molecule has 1 fully saturated rings. The van der Waals surface area contributed by atoms with Crippen LogP contribution in [0, 0.1) is 6.92 Å². The lowest BCUT2D eigenvalue weighted by Crippen LogP contribution is -2.38. The molecule has 0 radical (unpaired) electrons. The Labute approximate surface area is 146 Å². The van der Waals surface area contributed by atoms with Crippen LogP contribution in [0.4, 0.5) is 0 Å². The molecule has 1 aromatic carbocycles. The van der Waals surface area contributed by atoms with Gasteiger partial charge in [-0.3, -0.25) is 4.79 Å². The minimum Gasteiger partial charge on any atom is -0.497 e. The molecule has 0 bridgehead atoms. The van der Waals surface area contributed by atoms with E-state index in [9.17, 15) is 4.79 Å². The van der Waals surface area contributed by atoms with Crippen molar-refractivity contribution in [3.05, 3.63) is 39.8 Å². The second kappa shape index (κ2) is 7.21. The SMILES string of the molecule is COc1ccc(OC)c(C(=O)N2CCC(c3nc(C)cs3)CC2)c1.